The Bertz CT molecular complexity index is 392. The van der Waals surface area contributed by atoms with E-state index in [1.165, 1.54) is 0 Å². The second-order valence-corrected chi connectivity index (χ2v) is 4.48. The van der Waals surface area contributed by atoms with Crippen LogP contribution in [-0.2, 0) is 4.79 Å². The number of benzene rings is 1. The van der Waals surface area contributed by atoms with E-state index in [9.17, 15) is 4.79 Å². The fourth-order valence-electron chi connectivity index (χ4n) is 1.81. The summed E-state index contributed by atoms with van der Waals surface area (Å²) in [4.78, 5) is 11.7. The zero-order valence-corrected chi connectivity index (χ0v) is 9.61. The first-order chi connectivity index (χ1) is 7.18. The molecule has 1 aromatic rings. The van der Waals surface area contributed by atoms with Gasteiger partial charge >= 0.3 is 0 Å². The summed E-state index contributed by atoms with van der Waals surface area (Å²) in [6.07, 6.45) is 0.573. The molecule has 1 aromatic carbocycles. The molecule has 0 aliphatic carbocycles. The van der Waals surface area contributed by atoms with Gasteiger partial charge in [-0.2, -0.15) is 0 Å². The molecule has 4 heteroatoms. The summed E-state index contributed by atoms with van der Waals surface area (Å²) in [5.74, 6) is 0.126. The molecule has 1 heterocycles. The molecule has 0 aromatic heterocycles. The Morgan fingerprint density at radius 1 is 1.33 bits per heavy atom. The van der Waals surface area contributed by atoms with E-state index < -0.39 is 0 Å². The quantitative estimate of drug-likeness (QED) is 0.822. The van der Waals surface area contributed by atoms with Crippen molar-refractivity contribution in [3.05, 3.63) is 33.8 Å². The van der Waals surface area contributed by atoms with Crippen molar-refractivity contribution in [2.24, 2.45) is 0 Å². The van der Waals surface area contributed by atoms with Gasteiger partial charge < -0.3 is 5.32 Å². The molecule has 80 valence electrons. The molecule has 0 bridgehead atoms. The lowest BCUT2D eigenvalue weighted by Crippen LogP contribution is -2.35. The lowest BCUT2D eigenvalue weighted by molar-refractivity contribution is -0.121. The van der Waals surface area contributed by atoms with Gasteiger partial charge in [0.25, 0.3) is 0 Å². The summed E-state index contributed by atoms with van der Waals surface area (Å²) < 4.78 is 0. The Morgan fingerprint density at radius 2 is 2.13 bits per heavy atom. The van der Waals surface area contributed by atoms with Crippen LogP contribution in [0.15, 0.2) is 18.2 Å². The van der Waals surface area contributed by atoms with Crippen molar-refractivity contribution in [1.29, 1.82) is 0 Å². The van der Waals surface area contributed by atoms with Gasteiger partial charge in [-0.1, -0.05) is 29.3 Å². The average molecular weight is 244 g/mol. The Morgan fingerprint density at radius 3 is 2.80 bits per heavy atom. The highest BCUT2D eigenvalue weighted by Crippen LogP contribution is 2.29. The summed E-state index contributed by atoms with van der Waals surface area (Å²) in [5, 5.41) is 4.36. The molecule has 1 aliphatic rings. The van der Waals surface area contributed by atoms with Gasteiger partial charge in [0.15, 0.2) is 0 Å². The van der Waals surface area contributed by atoms with E-state index in [0.717, 1.165) is 12.1 Å². The van der Waals surface area contributed by atoms with Gasteiger partial charge in [-0.15, -0.1) is 0 Å². The summed E-state index contributed by atoms with van der Waals surface area (Å²) >= 11 is 11.9. The molecule has 0 radical (unpaired) electrons. The van der Waals surface area contributed by atoms with Crippen LogP contribution in [-0.4, -0.2) is 18.9 Å². The van der Waals surface area contributed by atoms with Crippen LogP contribution in [0.2, 0.25) is 10.0 Å². The van der Waals surface area contributed by atoms with E-state index in [2.05, 4.69) is 5.32 Å². The van der Waals surface area contributed by atoms with Crippen molar-refractivity contribution in [1.82, 2.24) is 5.32 Å². The predicted molar refractivity (Wildman–Crippen MR) is 61.7 cm³/mol. The first-order valence-corrected chi connectivity index (χ1v) is 5.62. The number of hydrogen-bond donors (Lipinski definition) is 1. The van der Waals surface area contributed by atoms with Crippen LogP contribution >= 0.6 is 23.2 Å². The fourth-order valence-corrected chi connectivity index (χ4v) is 2.35. The molecule has 1 N–H and O–H groups in total. The van der Waals surface area contributed by atoms with Crippen molar-refractivity contribution >= 4 is 29.0 Å². The van der Waals surface area contributed by atoms with Crippen LogP contribution in [0, 0.1) is 0 Å². The minimum atomic E-state index is -0.122. The van der Waals surface area contributed by atoms with Gasteiger partial charge in [-0.25, -0.2) is 0 Å². The van der Waals surface area contributed by atoms with Gasteiger partial charge in [0, 0.05) is 29.6 Å². The van der Waals surface area contributed by atoms with E-state index >= 15 is 0 Å². The highest BCUT2D eigenvalue weighted by Gasteiger charge is 2.25. The number of carbonyl (C=O) groups excluding carboxylic acids is 1. The smallest absolute Gasteiger partial charge is 0.142 e. The number of ketones is 1. The third kappa shape index (κ3) is 2.33. The summed E-state index contributed by atoms with van der Waals surface area (Å²) in [6, 6.07) is 5.28. The lowest BCUT2D eigenvalue weighted by atomic mass is 9.90. The van der Waals surface area contributed by atoms with Gasteiger partial charge in [0.1, 0.15) is 5.78 Å². The molecule has 0 saturated carbocycles. The molecule has 2 nitrogen and oxygen atoms in total. The zero-order chi connectivity index (χ0) is 10.8. The highest BCUT2D eigenvalue weighted by molar-refractivity contribution is 6.35. The second kappa shape index (κ2) is 4.52. The van der Waals surface area contributed by atoms with Gasteiger partial charge in [-0.3, -0.25) is 4.79 Å². The van der Waals surface area contributed by atoms with Crippen LogP contribution in [0.3, 0.4) is 0 Å². The maximum Gasteiger partial charge on any atom is 0.142 e. The largest absolute Gasteiger partial charge is 0.315 e. The molecule has 1 atom stereocenters. The molecule has 1 saturated heterocycles. The van der Waals surface area contributed by atoms with E-state index in [1.807, 2.05) is 6.07 Å². The van der Waals surface area contributed by atoms with E-state index in [4.69, 9.17) is 23.2 Å². The molecule has 0 spiro atoms. The molecule has 15 heavy (non-hydrogen) atoms. The molecular formula is C11H11Cl2NO. The SMILES string of the molecule is O=C1CCNCC1c1ccc(Cl)cc1Cl. The summed E-state index contributed by atoms with van der Waals surface area (Å²) in [5.41, 5.74) is 0.873. The monoisotopic (exact) mass is 243 g/mol. The topological polar surface area (TPSA) is 29.1 Å². The number of rotatable bonds is 1. The van der Waals surface area contributed by atoms with Gasteiger partial charge in [0.2, 0.25) is 0 Å². The van der Waals surface area contributed by atoms with E-state index in [1.54, 1.807) is 12.1 Å². The highest BCUT2D eigenvalue weighted by atomic mass is 35.5. The van der Waals surface area contributed by atoms with E-state index in [0.29, 0.717) is 23.0 Å². The van der Waals surface area contributed by atoms with Crippen LogP contribution in [0.1, 0.15) is 17.9 Å². The minimum absolute atomic E-state index is 0.122. The first kappa shape index (κ1) is 10.9. The van der Waals surface area contributed by atoms with Crippen LogP contribution in [0.5, 0.6) is 0 Å². The Hall–Kier alpha value is -0.570. The van der Waals surface area contributed by atoms with Crippen LogP contribution in [0.4, 0.5) is 0 Å². The van der Waals surface area contributed by atoms with Crippen LogP contribution < -0.4 is 5.32 Å². The maximum atomic E-state index is 11.7. The number of Topliss-reactive ketones (excluding diaryl/α,β-unsaturated/α-hetero) is 1. The molecule has 1 fully saturated rings. The third-order valence-electron chi connectivity index (χ3n) is 2.62. The standard InChI is InChI=1S/C11H11Cl2NO/c12-7-1-2-8(10(13)5-7)9-6-14-4-3-11(9)15/h1-2,5,9,14H,3-4,6H2. The maximum absolute atomic E-state index is 11.7. The average Bonchev–Trinajstić information content (AvgIpc) is 2.20. The third-order valence-corrected chi connectivity index (χ3v) is 3.19. The lowest BCUT2D eigenvalue weighted by Gasteiger charge is -2.22. The fraction of sp³-hybridized carbons (Fsp3) is 0.364. The van der Waals surface area contributed by atoms with E-state index in [-0.39, 0.29) is 11.7 Å². The van der Waals surface area contributed by atoms with Crippen molar-refractivity contribution in [2.45, 2.75) is 12.3 Å². The molecule has 1 unspecified atom stereocenters. The number of nitrogens with one attached hydrogen (secondary N) is 1. The number of carbonyl (C=O) groups is 1. The second-order valence-electron chi connectivity index (χ2n) is 3.64. The normalized spacial score (nSPS) is 21.7. The number of hydrogen-bond acceptors (Lipinski definition) is 2. The van der Waals surface area contributed by atoms with Crippen LogP contribution in [0.25, 0.3) is 0 Å². The van der Waals surface area contributed by atoms with Crippen molar-refractivity contribution in [3.8, 4) is 0 Å². The number of piperidine rings is 1. The predicted octanol–water partition coefficient (Wildman–Crippen LogP) is 2.64. The van der Waals surface area contributed by atoms with Gasteiger partial charge in [-0.05, 0) is 17.7 Å². The van der Waals surface area contributed by atoms with Crippen molar-refractivity contribution in [2.75, 3.05) is 13.1 Å². The van der Waals surface area contributed by atoms with Crippen molar-refractivity contribution in [3.63, 3.8) is 0 Å². The first-order valence-electron chi connectivity index (χ1n) is 4.87. The Kier molecular flexibility index (Phi) is 3.29. The van der Waals surface area contributed by atoms with Gasteiger partial charge in [0.05, 0.1) is 5.92 Å². The summed E-state index contributed by atoms with van der Waals surface area (Å²) in [6.45, 7) is 1.43. The molecular weight excluding hydrogens is 233 g/mol. The summed E-state index contributed by atoms with van der Waals surface area (Å²) in [7, 11) is 0. The number of halogens is 2. The minimum Gasteiger partial charge on any atom is -0.315 e. The zero-order valence-electron chi connectivity index (χ0n) is 8.09. The Labute approximate surface area is 98.6 Å². The molecule has 1 aliphatic heterocycles. The van der Waals surface area contributed by atoms with Crippen molar-refractivity contribution < 1.29 is 4.79 Å². The molecule has 0 amide bonds. The molecule has 2 rings (SSSR count). The Balaban J connectivity index is 2.31.